The van der Waals surface area contributed by atoms with Crippen LogP contribution < -0.4 is 5.32 Å². The van der Waals surface area contributed by atoms with E-state index in [1.165, 1.54) is 5.56 Å². The van der Waals surface area contributed by atoms with Gasteiger partial charge in [0.05, 0.1) is 24.1 Å². The molecule has 0 aromatic carbocycles. The molecule has 0 bridgehead atoms. The first-order valence-electron chi connectivity index (χ1n) is 8.04. The predicted molar refractivity (Wildman–Crippen MR) is 89.2 cm³/mol. The van der Waals surface area contributed by atoms with Crippen molar-refractivity contribution in [1.82, 2.24) is 19.7 Å². The minimum absolute atomic E-state index is 0.0310. The third-order valence-corrected chi connectivity index (χ3v) is 4.64. The number of carbonyl (C=O) groups is 1. The molecule has 1 aliphatic rings. The second-order valence-corrected chi connectivity index (χ2v) is 6.15. The fraction of sp³-hybridized carbons (Fsp3) is 0.471. The second kappa shape index (κ2) is 6.91. The molecular formula is C17H23N5O. The van der Waals surface area contributed by atoms with Crippen molar-refractivity contribution < 1.29 is 4.79 Å². The van der Waals surface area contributed by atoms with E-state index in [-0.39, 0.29) is 5.91 Å². The van der Waals surface area contributed by atoms with Crippen LogP contribution in [-0.4, -0.2) is 45.2 Å². The maximum absolute atomic E-state index is 12.2. The van der Waals surface area contributed by atoms with Crippen molar-refractivity contribution >= 4 is 11.6 Å². The fourth-order valence-electron chi connectivity index (χ4n) is 3.07. The standard InChI is InChI=1S/C17H23N5O/c1-13-16(11-19-21(13)2)20-17(23)12-22-9-5-15(6-10-22)14-3-7-18-8-4-14/h3-4,7-8,11,15H,5-6,9-10,12H2,1-2H3,(H,20,23). The molecule has 6 nitrogen and oxygen atoms in total. The Morgan fingerprint density at radius 1 is 1.30 bits per heavy atom. The number of rotatable bonds is 4. The van der Waals surface area contributed by atoms with Gasteiger partial charge in [-0.25, -0.2) is 0 Å². The van der Waals surface area contributed by atoms with Crippen molar-refractivity contribution in [2.24, 2.45) is 7.05 Å². The zero-order chi connectivity index (χ0) is 16.2. The Labute approximate surface area is 136 Å². The summed E-state index contributed by atoms with van der Waals surface area (Å²) >= 11 is 0. The van der Waals surface area contributed by atoms with Crippen molar-refractivity contribution in [2.75, 3.05) is 25.0 Å². The van der Waals surface area contributed by atoms with Gasteiger partial charge in [0, 0.05) is 19.4 Å². The van der Waals surface area contributed by atoms with Crippen molar-refractivity contribution in [1.29, 1.82) is 0 Å². The fourth-order valence-corrected chi connectivity index (χ4v) is 3.07. The van der Waals surface area contributed by atoms with Crippen molar-refractivity contribution in [3.05, 3.63) is 42.0 Å². The SMILES string of the molecule is Cc1c(NC(=O)CN2CCC(c3ccncc3)CC2)cnn1C. The molecule has 0 atom stereocenters. The molecule has 122 valence electrons. The highest BCUT2D eigenvalue weighted by Crippen LogP contribution is 2.27. The van der Waals surface area contributed by atoms with Gasteiger partial charge in [0.25, 0.3) is 0 Å². The summed E-state index contributed by atoms with van der Waals surface area (Å²) < 4.78 is 1.76. The van der Waals surface area contributed by atoms with Gasteiger partial charge < -0.3 is 5.32 Å². The number of nitrogens with zero attached hydrogens (tertiary/aromatic N) is 4. The molecule has 23 heavy (non-hydrogen) atoms. The molecule has 3 rings (SSSR count). The van der Waals surface area contributed by atoms with Gasteiger partial charge in [-0.15, -0.1) is 0 Å². The van der Waals surface area contributed by atoms with Gasteiger partial charge in [-0.3, -0.25) is 19.4 Å². The predicted octanol–water partition coefficient (Wildman–Crippen LogP) is 1.94. The molecule has 0 saturated carbocycles. The molecule has 1 fully saturated rings. The van der Waals surface area contributed by atoms with Crippen LogP contribution in [0.3, 0.4) is 0 Å². The van der Waals surface area contributed by atoms with E-state index in [1.807, 2.05) is 26.4 Å². The molecule has 0 radical (unpaired) electrons. The van der Waals surface area contributed by atoms with E-state index < -0.39 is 0 Å². The largest absolute Gasteiger partial charge is 0.322 e. The number of aromatic nitrogens is 3. The van der Waals surface area contributed by atoms with Gasteiger partial charge >= 0.3 is 0 Å². The Morgan fingerprint density at radius 2 is 2.00 bits per heavy atom. The Balaban J connectivity index is 1.49. The zero-order valence-corrected chi connectivity index (χ0v) is 13.7. The smallest absolute Gasteiger partial charge is 0.238 e. The number of likely N-dealkylation sites (tertiary alicyclic amines) is 1. The molecule has 0 aliphatic carbocycles. The number of piperidine rings is 1. The van der Waals surface area contributed by atoms with E-state index >= 15 is 0 Å². The van der Waals surface area contributed by atoms with E-state index in [2.05, 4.69) is 32.4 Å². The average Bonchev–Trinajstić information content (AvgIpc) is 2.88. The number of amides is 1. The van der Waals surface area contributed by atoms with Crippen LogP contribution in [0.1, 0.15) is 30.0 Å². The molecule has 2 aromatic heterocycles. The molecule has 1 amide bonds. The number of anilines is 1. The van der Waals surface area contributed by atoms with Crippen LogP contribution in [0.4, 0.5) is 5.69 Å². The van der Waals surface area contributed by atoms with E-state index in [0.29, 0.717) is 12.5 Å². The van der Waals surface area contributed by atoms with E-state index in [4.69, 9.17) is 0 Å². The number of hydrogen-bond donors (Lipinski definition) is 1. The molecule has 2 aromatic rings. The number of pyridine rings is 1. The summed E-state index contributed by atoms with van der Waals surface area (Å²) in [5.74, 6) is 0.612. The van der Waals surface area contributed by atoms with Crippen molar-refractivity contribution in [3.63, 3.8) is 0 Å². The molecule has 0 spiro atoms. The number of nitrogens with one attached hydrogen (secondary N) is 1. The number of hydrogen-bond acceptors (Lipinski definition) is 4. The Bertz CT molecular complexity index is 659. The number of carbonyl (C=O) groups excluding carboxylic acids is 1. The Hall–Kier alpha value is -2.21. The van der Waals surface area contributed by atoms with E-state index in [9.17, 15) is 4.79 Å². The quantitative estimate of drug-likeness (QED) is 0.937. The molecule has 1 saturated heterocycles. The maximum Gasteiger partial charge on any atom is 0.238 e. The topological polar surface area (TPSA) is 63.1 Å². The van der Waals surface area contributed by atoms with Gasteiger partial charge in [-0.1, -0.05) is 0 Å². The normalized spacial score (nSPS) is 16.4. The van der Waals surface area contributed by atoms with E-state index in [0.717, 1.165) is 37.3 Å². The van der Waals surface area contributed by atoms with E-state index in [1.54, 1.807) is 10.9 Å². The summed E-state index contributed by atoms with van der Waals surface area (Å²) in [7, 11) is 1.87. The van der Waals surface area contributed by atoms with Crippen LogP contribution in [0, 0.1) is 6.92 Å². The van der Waals surface area contributed by atoms with Crippen molar-refractivity contribution in [2.45, 2.75) is 25.7 Å². The summed E-state index contributed by atoms with van der Waals surface area (Å²) in [5, 5.41) is 7.09. The molecule has 0 unspecified atom stereocenters. The van der Waals surface area contributed by atoms with Crippen LogP contribution in [0.15, 0.2) is 30.7 Å². The van der Waals surface area contributed by atoms with Gasteiger partial charge in [-0.2, -0.15) is 5.10 Å². The summed E-state index contributed by atoms with van der Waals surface area (Å²) in [6.45, 7) is 4.29. The lowest BCUT2D eigenvalue weighted by Gasteiger charge is -2.31. The molecule has 3 heterocycles. The monoisotopic (exact) mass is 313 g/mol. The summed E-state index contributed by atoms with van der Waals surface area (Å²) in [6, 6.07) is 4.19. The minimum atomic E-state index is 0.0310. The highest BCUT2D eigenvalue weighted by molar-refractivity contribution is 5.92. The third-order valence-electron chi connectivity index (χ3n) is 4.64. The molecule has 6 heteroatoms. The lowest BCUT2D eigenvalue weighted by atomic mass is 9.90. The zero-order valence-electron chi connectivity index (χ0n) is 13.7. The third kappa shape index (κ3) is 3.76. The first kappa shape index (κ1) is 15.7. The maximum atomic E-state index is 12.2. The molecular weight excluding hydrogens is 290 g/mol. The van der Waals surface area contributed by atoms with Gasteiger partial charge in [0.15, 0.2) is 0 Å². The molecule has 1 N–H and O–H groups in total. The lowest BCUT2D eigenvalue weighted by Crippen LogP contribution is -2.38. The Morgan fingerprint density at radius 3 is 2.61 bits per heavy atom. The highest BCUT2D eigenvalue weighted by atomic mass is 16.2. The van der Waals surface area contributed by atoms with Gasteiger partial charge in [0.1, 0.15) is 0 Å². The van der Waals surface area contributed by atoms with Crippen LogP contribution >= 0.6 is 0 Å². The Kier molecular flexibility index (Phi) is 4.71. The van der Waals surface area contributed by atoms with Crippen LogP contribution in [-0.2, 0) is 11.8 Å². The highest BCUT2D eigenvalue weighted by Gasteiger charge is 2.22. The summed E-state index contributed by atoms with van der Waals surface area (Å²) in [4.78, 5) is 18.5. The van der Waals surface area contributed by atoms with Gasteiger partial charge in [0.2, 0.25) is 5.91 Å². The molecule has 1 aliphatic heterocycles. The lowest BCUT2D eigenvalue weighted by molar-refractivity contribution is -0.117. The second-order valence-electron chi connectivity index (χ2n) is 6.15. The minimum Gasteiger partial charge on any atom is -0.322 e. The average molecular weight is 313 g/mol. The number of aryl methyl sites for hydroxylation is 1. The van der Waals surface area contributed by atoms with Gasteiger partial charge in [-0.05, 0) is 56.5 Å². The first-order chi connectivity index (χ1) is 11.1. The summed E-state index contributed by atoms with van der Waals surface area (Å²) in [6.07, 6.45) is 7.58. The van der Waals surface area contributed by atoms with Crippen molar-refractivity contribution in [3.8, 4) is 0 Å². The van der Waals surface area contributed by atoms with Crippen LogP contribution in [0.25, 0.3) is 0 Å². The summed E-state index contributed by atoms with van der Waals surface area (Å²) in [5.41, 5.74) is 3.12. The van der Waals surface area contributed by atoms with Crippen LogP contribution in [0.5, 0.6) is 0 Å². The van der Waals surface area contributed by atoms with Crippen LogP contribution in [0.2, 0.25) is 0 Å². The first-order valence-corrected chi connectivity index (χ1v) is 8.04.